The predicted octanol–water partition coefficient (Wildman–Crippen LogP) is 6.17. The van der Waals surface area contributed by atoms with E-state index in [4.69, 9.17) is 0 Å². The second kappa shape index (κ2) is 32.3. The molecule has 0 saturated carbocycles. The fourth-order valence-electron chi connectivity index (χ4n) is 0.340. The van der Waals surface area contributed by atoms with Crippen LogP contribution < -0.4 is 0 Å². The second-order valence-electron chi connectivity index (χ2n) is 4.40. The maximum Gasteiger partial charge on any atom is 4.00 e. The van der Waals surface area contributed by atoms with E-state index in [1.54, 1.807) is 21.1 Å². The van der Waals surface area contributed by atoms with Gasteiger partial charge in [-0.3, -0.25) is 6.08 Å². The van der Waals surface area contributed by atoms with E-state index >= 15 is 0 Å². The summed E-state index contributed by atoms with van der Waals surface area (Å²) >= 11 is -2.59. The minimum Gasteiger partial charge on any atom is 4.00 e. The number of halogens is 3. The summed E-state index contributed by atoms with van der Waals surface area (Å²) in [5, 5.41) is 7.38. The number of nitrogens with zero attached hydrogens (tertiary/aromatic N) is 3. The number of hydrogen-bond donors (Lipinski definition) is 0. The molecule has 0 aromatic carbocycles. The van der Waals surface area contributed by atoms with Crippen LogP contribution in [-0.2, 0) is 26.2 Å². The summed E-state index contributed by atoms with van der Waals surface area (Å²) in [5.74, 6) is 2.58. The molecule has 0 heterocycles. The molecule has 0 saturated heterocycles. The maximum atomic E-state index is 11.3. The Morgan fingerprint density at radius 1 is 0.920 bits per heavy atom. The Bertz CT molecular complexity index is 237. The fraction of sp³-hybridized carbons (Fsp3) is 0.765. The van der Waals surface area contributed by atoms with E-state index in [0.29, 0.717) is 0 Å². The standard InChI is InChI=1S/C5H5.C3H6F3Ge.3C3H8N.Zr/c1-2-4-5-3-1;1-7(2)3(4,5)6;3*1-3-4-2;/h1-3H,4H2;1-2H3;3*3H2,1-2H3;/q-1;;3*-1;+4. The zero-order valence-electron chi connectivity index (χ0n) is 17.0. The molecular weight excluding hydrogens is 467 g/mol. The van der Waals surface area contributed by atoms with Gasteiger partial charge >= 0.3 is 70.2 Å². The largest absolute Gasteiger partial charge is 4.00 e. The first-order valence-corrected chi connectivity index (χ1v) is 13.2. The first-order valence-electron chi connectivity index (χ1n) is 7.95. The smallest absolute Gasteiger partial charge is 4.00 e. The Balaban J connectivity index is -0.0000000675. The van der Waals surface area contributed by atoms with Crippen molar-refractivity contribution in [3.8, 4) is 0 Å². The van der Waals surface area contributed by atoms with Crippen LogP contribution >= 0.6 is 0 Å². The van der Waals surface area contributed by atoms with E-state index in [-0.39, 0.29) is 26.2 Å². The zero-order chi connectivity index (χ0) is 19.9. The van der Waals surface area contributed by atoms with Gasteiger partial charge in [0.2, 0.25) is 0 Å². The van der Waals surface area contributed by atoms with Crippen molar-refractivity contribution in [3.63, 3.8) is 0 Å². The van der Waals surface area contributed by atoms with Crippen LogP contribution in [0.5, 0.6) is 0 Å². The third-order valence-corrected chi connectivity index (χ3v) is 4.48. The summed E-state index contributed by atoms with van der Waals surface area (Å²) in [6.07, 6.45) is 10.0. The van der Waals surface area contributed by atoms with Crippen molar-refractivity contribution in [2.24, 2.45) is 0 Å². The fourth-order valence-corrected chi connectivity index (χ4v) is 0.340. The molecule has 0 unspecified atom stereocenters. The average molecular weight is 502 g/mol. The van der Waals surface area contributed by atoms with Crippen LogP contribution in [0.25, 0.3) is 16.0 Å². The molecule has 1 aliphatic rings. The van der Waals surface area contributed by atoms with E-state index in [1.807, 2.05) is 32.9 Å². The van der Waals surface area contributed by atoms with Gasteiger partial charge in [0.1, 0.15) is 0 Å². The van der Waals surface area contributed by atoms with Crippen molar-refractivity contribution in [1.82, 2.24) is 0 Å². The molecule has 1 rings (SSSR count). The summed E-state index contributed by atoms with van der Waals surface area (Å²) < 4.78 is 33.8. The summed E-state index contributed by atoms with van der Waals surface area (Å²) in [5.41, 5.74) is 0. The number of alkyl halides is 3. The Morgan fingerprint density at radius 2 is 1.20 bits per heavy atom. The van der Waals surface area contributed by atoms with Gasteiger partial charge in [0.05, 0.1) is 0 Å². The minimum absolute atomic E-state index is 0. The van der Waals surface area contributed by atoms with Gasteiger partial charge in [-0.15, -0.1) is 6.42 Å². The Labute approximate surface area is 177 Å². The normalized spacial score (nSPS) is 10.7. The second-order valence-corrected chi connectivity index (χ2v) is 9.78. The van der Waals surface area contributed by atoms with Crippen LogP contribution in [-0.4, -0.2) is 60.1 Å². The van der Waals surface area contributed by atoms with Crippen molar-refractivity contribution >= 4 is 14.3 Å². The minimum atomic E-state index is -3.83. The molecule has 3 nitrogen and oxygen atoms in total. The molecule has 147 valence electrons. The van der Waals surface area contributed by atoms with E-state index in [1.165, 1.54) is 11.5 Å². The molecule has 0 atom stereocenters. The van der Waals surface area contributed by atoms with Gasteiger partial charge in [0.15, 0.2) is 0 Å². The topological polar surface area (TPSA) is 42.3 Å². The zero-order valence-corrected chi connectivity index (χ0v) is 21.6. The van der Waals surface area contributed by atoms with Gasteiger partial charge in [0.25, 0.3) is 0 Å². The number of hydrogen-bond acceptors (Lipinski definition) is 0. The van der Waals surface area contributed by atoms with Crippen LogP contribution in [0.2, 0.25) is 11.5 Å². The number of rotatable bonds is 3. The third kappa shape index (κ3) is 59.0. The summed E-state index contributed by atoms with van der Waals surface area (Å²) in [6, 6.07) is 0. The predicted molar refractivity (Wildman–Crippen MR) is 105 cm³/mol. The molecule has 0 aromatic heterocycles. The molecule has 0 spiro atoms. The molecule has 25 heavy (non-hydrogen) atoms. The summed E-state index contributed by atoms with van der Waals surface area (Å²) in [4.78, 5) is 0. The Morgan fingerprint density at radius 3 is 1.24 bits per heavy atom. The van der Waals surface area contributed by atoms with Crippen LogP contribution in [0.15, 0.2) is 18.2 Å². The molecule has 1 radical (unpaired) electrons. The van der Waals surface area contributed by atoms with Gasteiger partial charge in [0, 0.05) is 0 Å². The molecule has 8 heteroatoms. The molecule has 1 aliphatic carbocycles. The van der Waals surface area contributed by atoms with Gasteiger partial charge in [-0.05, 0) is 0 Å². The van der Waals surface area contributed by atoms with Gasteiger partial charge in [-0.1, -0.05) is 20.8 Å². The first-order chi connectivity index (χ1) is 11.2. The van der Waals surface area contributed by atoms with Gasteiger partial charge in [-0.2, -0.15) is 46.9 Å². The van der Waals surface area contributed by atoms with Crippen molar-refractivity contribution in [2.75, 3.05) is 40.8 Å². The van der Waals surface area contributed by atoms with Gasteiger partial charge in [-0.25, -0.2) is 12.2 Å². The quantitative estimate of drug-likeness (QED) is 0.327. The van der Waals surface area contributed by atoms with Crippen LogP contribution in [0.1, 0.15) is 27.2 Å². The number of allylic oxidation sites excluding steroid dienone is 4. The maximum absolute atomic E-state index is 11.3. The van der Waals surface area contributed by atoms with Crippen LogP contribution in [0.3, 0.4) is 0 Å². The Kier molecular flexibility index (Phi) is 47.1. The van der Waals surface area contributed by atoms with E-state index in [0.717, 1.165) is 26.1 Å². The molecule has 0 bridgehead atoms. The molecular formula is C17H35F3GeN3Zr. The molecule has 0 N–H and O–H groups in total. The molecule has 0 aliphatic heterocycles. The monoisotopic (exact) mass is 502 g/mol. The molecule has 0 amide bonds. The van der Waals surface area contributed by atoms with E-state index in [9.17, 15) is 13.2 Å². The van der Waals surface area contributed by atoms with Crippen LogP contribution in [0.4, 0.5) is 13.2 Å². The first kappa shape index (κ1) is 36.5. The molecule has 0 aromatic rings. The SMILES string of the molecule is CC[N-]C.CC[N-]C.CC[N-]C.[C-]1=CC=CC1.[CH3][Ge]([CH3])[C](F)(F)F.[Zr+4]. The van der Waals surface area contributed by atoms with Crippen molar-refractivity contribution in [2.45, 2.75) is 43.7 Å². The summed E-state index contributed by atoms with van der Waals surface area (Å²) in [6.45, 7) is 8.88. The van der Waals surface area contributed by atoms with Gasteiger partial charge < -0.3 is 16.0 Å². The van der Waals surface area contributed by atoms with E-state index < -0.39 is 19.4 Å². The third-order valence-electron chi connectivity index (χ3n) is 2.10. The van der Waals surface area contributed by atoms with Crippen LogP contribution in [0, 0.1) is 6.08 Å². The van der Waals surface area contributed by atoms with Crippen molar-refractivity contribution in [3.05, 3.63) is 40.3 Å². The summed E-state index contributed by atoms with van der Waals surface area (Å²) in [7, 11) is 5.42. The molecule has 0 fully saturated rings. The average Bonchev–Trinajstić information content (AvgIpc) is 3.14. The van der Waals surface area contributed by atoms with Crippen molar-refractivity contribution < 1.29 is 39.4 Å². The van der Waals surface area contributed by atoms with Crippen molar-refractivity contribution in [1.29, 1.82) is 0 Å². The Hall–Kier alpha value is 0.576. The van der Waals surface area contributed by atoms with E-state index in [2.05, 4.69) is 28.1 Å².